The molecule has 18 heavy (non-hydrogen) atoms. The summed E-state index contributed by atoms with van der Waals surface area (Å²) in [6.45, 7) is 5.45. The molecule has 98 valence electrons. The van der Waals surface area contributed by atoms with Crippen molar-refractivity contribution in [3.05, 3.63) is 34.9 Å². The van der Waals surface area contributed by atoms with Gasteiger partial charge in [-0.1, -0.05) is 32.0 Å². The maximum atomic E-state index is 9.99. The minimum absolute atomic E-state index is 0.187. The Labute approximate surface area is 109 Å². The highest BCUT2D eigenvalue weighted by atomic mass is 16.5. The van der Waals surface area contributed by atoms with Gasteiger partial charge in [0.2, 0.25) is 0 Å². The van der Waals surface area contributed by atoms with E-state index in [1.54, 1.807) is 0 Å². The summed E-state index contributed by atoms with van der Waals surface area (Å²) in [5.41, 5.74) is 3.97. The van der Waals surface area contributed by atoms with Crippen LogP contribution in [0.2, 0.25) is 0 Å². The summed E-state index contributed by atoms with van der Waals surface area (Å²) in [4.78, 5) is 0. The van der Waals surface area contributed by atoms with Gasteiger partial charge in [0.25, 0.3) is 0 Å². The van der Waals surface area contributed by atoms with Gasteiger partial charge >= 0.3 is 0 Å². The predicted octanol–water partition coefficient (Wildman–Crippen LogP) is 3.54. The zero-order valence-electron chi connectivity index (χ0n) is 11.3. The fourth-order valence-electron chi connectivity index (χ4n) is 3.50. The quantitative estimate of drug-likeness (QED) is 0.821. The summed E-state index contributed by atoms with van der Waals surface area (Å²) in [6.07, 6.45) is 4.13. The molecule has 1 aliphatic heterocycles. The molecule has 1 N–H and O–H groups in total. The molecule has 0 aromatic heterocycles. The number of ether oxygens (including phenoxy) is 1. The van der Waals surface area contributed by atoms with Gasteiger partial charge in [0.05, 0.1) is 12.2 Å². The fraction of sp³-hybridized carbons (Fsp3) is 0.625. The van der Waals surface area contributed by atoms with E-state index in [-0.39, 0.29) is 17.6 Å². The van der Waals surface area contributed by atoms with Gasteiger partial charge in [0.1, 0.15) is 0 Å². The van der Waals surface area contributed by atoms with E-state index in [9.17, 15) is 5.11 Å². The van der Waals surface area contributed by atoms with Gasteiger partial charge in [-0.05, 0) is 47.8 Å². The molecule has 1 aliphatic carbocycles. The van der Waals surface area contributed by atoms with E-state index in [4.69, 9.17) is 4.74 Å². The van der Waals surface area contributed by atoms with Crippen LogP contribution in [0.4, 0.5) is 0 Å². The first-order valence-electron chi connectivity index (χ1n) is 7.01. The average molecular weight is 246 g/mol. The van der Waals surface area contributed by atoms with Crippen molar-refractivity contribution in [2.24, 2.45) is 5.41 Å². The number of aliphatic hydroxyl groups is 1. The molecular formula is C16H22O2. The summed E-state index contributed by atoms with van der Waals surface area (Å²) in [5, 5.41) is 9.99. The molecule has 2 nitrogen and oxygen atoms in total. The standard InChI is InChI=1S/C16H22O2/c1-16(2)9-4-10-18-15(16)13-6-3-5-12-11(13)7-8-14(12)17/h3,5-6,14-15,17H,4,7-10H2,1-2H3/t14-,15+/m0/s1. The number of fused-ring (bicyclic) bond motifs is 1. The lowest BCUT2D eigenvalue weighted by Crippen LogP contribution is -2.30. The van der Waals surface area contributed by atoms with E-state index in [1.165, 1.54) is 17.5 Å². The van der Waals surface area contributed by atoms with Crippen LogP contribution >= 0.6 is 0 Å². The Kier molecular flexibility index (Phi) is 2.95. The van der Waals surface area contributed by atoms with Crippen LogP contribution in [0.25, 0.3) is 0 Å². The summed E-state index contributed by atoms with van der Waals surface area (Å²) in [6, 6.07) is 6.32. The first-order chi connectivity index (χ1) is 8.59. The van der Waals surface area contributed by atoms with Crippen molar-refractivity contribution < 1.29 is 9.84 Å². The van der Waals surface area contributed by atoms with Gasteiger partial charge in [-0.2, -0.15) is 0 Å². The van der Waals surface area contributed by atoms with E-state index in [0.29, 0.717) is 0 Å². The summed E-state index contributed by atoms with van der Waals surface area (Å²) in [7, 11) is 0. The third-order valence-electron chi connectivity index (χ3n) is 4.52. The molecule has 2 atom stereocenters. The molecule has 0 spiro atoms. The van der Waals surface area contributed by atoms with Gasteiger partial charge in [-0.15, -0.1) is 0 Å². The first kappa shape index (κ1) is 12.2. The largest absolute Gasteiger partial charge is 0.388 e. The van der Waals surface area contributed by atoms with Gasteiger partial charge in [-0.3, -0.25) is 0 Å². The summed E-state index contributed by atoms with van der Waals surface area (Å²) < 4.78 is 6.06. The molecule has 3 rings (SSSR count). The Hall–Kier alpha value is -0.860. The first-order valence-corrected chi connectivity index (χ1v) is 7.01. The molecule has 2 heteroatoms. The van der Waals surface area contributed by atoms with Gasteiger partial charge in [0, 0.05) is 6.61 Å². The highest BCUT2D eigenvalue weighted by Crippen LogP contribution is 2.47. The molecule has 2 aliphatic rings. The van der Waals surface area contributed by atoms with Crippen LogP contribution < -0.4 is 0 Å². The normalized spacial score (nSPS) is 30.2. The van der Waals surface area contributed by atoms with Crippen molar-refractivity contribution in [1.29, 1.82) is 0 Å². The molecule has 1 aromatic carbocycles. The molecule has 0 amide bonds. The molecule has 1 aromatic rings. The van der Waals surface area contributed by atoms with Crippen molar-refractivity contribution in [3.8, 4) is 0 Å². The Morgan fingerprint density at radius 1 is 1.28 bits per heavy atom. The van der Waals surface area contributed by atoms with Crippen molar-refractivity contribution in [2.45, 2.75) is 51.7 Å². The smallest absolute Gasteiger partial charge is 0.0878 e. The number of rotatable bonds is 1. The highest BCUT2D eigenvalue weighted by Gasteiger charge is 2.37. The molecule has 1 saturated heterocycles. The van der Waals surface area contributed by atoms with Crippen molar-refractivity contribution >= 4 is 0 Å². The van der Waals surface area contributed by atoms with Crippen LogP contribution in [-0.4, -0.2) is 11.7 Å². The monoisotopic (exact) mass is 246 g/mol. The summed E-state index contributed by atoms with van der Waals surface area (Å²) >= 11 is 0. The molecule has 0 radical (unpaired) electrons. The number of hydrogen-bond acceptors (Lipinski definition) is 2. The van der Waals surface area contributed by atoms with Crippen LogP contribution in [-0.2, 0) is 11.2 Å². The second-order valence-electron chi connectivity index (χ2n) is 6.31. The highest BCUT2D eigenvalue weighted by molar-refractivity contribution is 5.42. The maximum absolute atomic E-state index is 9.99. The molecule has 0 saturated carbocycles. The van der Waals surface area contributed by atoms with E-state index in [1.807, 2.05) is 0 Å². The lowest BCUT2D eigenvalue weighted by Gasteiger charge is -2.39. The minimum Gasteiger partial charge on any atom is -0.388 e. The lowest BCUT2D eigenvalue weighted by molar-refractivity contribution is -0.0704. The second kappa shape index (κ2) is 4.36. The third-order valence-corrected chi connectivity index (χ3v) is 4.52. The zero-order valence-corrected chi connectivity index (χ0v) is 11.3. The zero-order chi connectivity index (χ0) is 12.8. The van der Waals surface area contributed by atoms with Crippen molar-refractivity contribution in [1.82, 2.24) is 0 Å². The molecule has 1 fully saturated rings. The van der Waals surface area contributed by atoms with E-state index >= 15 is 0 Å². The van der Waals surface area contributed by atoms with Crippen LogP contribution in [0.5, 0.6) is 0 Å². The Bertz CT molecular complexity index is 450. The van der Waals surface area contributed by atoms with Crippen molar-refractivity contribution in [2.75, 3.05) is 6.61 Å². The summed E-state index contributed by atoms with van der Waals surface area (Å²) in [5.74, 6) is 0. The van der Waals surface area contributed by atoms with Crippen LogP contribution in [0.1, 0.15) is 62.0 Å². The van der Waals surface area contributed by atoms with Crippen LogP contribution in [0.3, 0.4) is 0 Å². The average Bonchev–Trinajstić information content (AvgIpc) is 2.71. The van der Waals surface area contributed by atoms with Gasteiger partial charge < -0.3 is 9.84 Å². The third kappa shape index (κ3) is 1.88. The van der Waals surface area contributed by atoms with E-state index in [2.05, 4.69) is 32.0 Å². The van der Waals surface area contributed by atoms with Gasteiger partial charge in [-0.25, -0.2) is 0 Å². The lowest BCUT2D eigenvalue weighted by atomic mass is 9.76. The Balaban J connectivity index is 2.02. The van der Waals surface area contributed by atoms with Gasteiger partial charge in [0.15, 0.2) is 0 Å². The predicted molar refractivity (Wildman–Crippen MR) is 71.4 cm³/mol. The van der Waals surface area contributed by atoms with E-state index < -0.39 is 0 Å². The van der Waals surface area contributed by atoms with E-state index in [0.717, 1.165) is 31.4 Å². The Morgan fingerprint density at radius 3 is 2.83 bits per heavy atom. The second-order valence-corrected chi connectivity index (χ2v) is 6.31. The number of hydrogen-bond donors (Lipinski definition) is 1. The van der Waals surface area contributed by atoms with Crippen LogP contribution in [0, 0.1) is 5.41 Å². The SMILES string of the molecule is CC1(C)CCCO[C@@H]1c1cccc2c1CC[C@@H]2O. The van der Waals surface area contributed by atoms with Crippen LogP contribution in [0.15, 0.2) is 18.2 Å². The van der Waals surface area contributed by atoms with Crippen molar-refractivity contribution in [3.63, 3.8) is 0 Å². The fourth-order valence-corrected chi connectivity index (χ4v) is 3.50. The molecule has 0 bridgehead atoms. The maximum Gasteiger partial charge on any atom is 0.0878 e. The topological polar surface area (TPSA) is 29.5 Å². The number of aliphatic hydroxyl groups excluding tert-OH is 1. The molecule has 0 unspecified atom stereocenters. The molecule has 1 heterocycles. The number of benzene rings is 1. The molecular weight excluding hydrogens is 224 g/mol. The Morgan fingerprint density at radius 2 is 2.06 bits per heavy atom. The minimum atomic E-state index is -0.272.